The number of rotatable bonds is 4. The van der Waals surface area contributed by atoms with E-state index in [-0.39, 0.29) is 5.56 Å². The number of alkyl halides is 3. The summed E-state index contributed by atoms with van der Waals surface area (Å²) in [6.45, 7) is 0. The fourth-order valence-electron chi connectivity index (χ4n) is 2.36. The molecule has 0 atom stereocenters. The van der Waals surface area contributed by atoms with Crippen molar-refractivity contribution in [3.8, 4) is 5.69 Å². The molecule has 1 N–H and O–H groups in total. The second-order valence-corrected chi connectivity index (χ2v) is 5.41. The molecule has 0 aliphatic rings. The van der Waals surface area contributed by atoms with E-state index in [9.17, 15) is 18.0 Å². The highest BCUT2D eigenvalue weighted by Gasteiger charge is 2.30. The predicted molar refractivity (Wildman–Crippen MR) is 92.7 cm³/mol. The summed E-state index contributed by atoms with van der Waals surface area (Å²) in [5.41, 5.74) is 0.743. The Morgan fingerprint density at radius 3 is 2.62 bits per heavy atom. The van der Waals surface area contributed by atoms with E-state index in [0.29, 0.717) is 11.4 Å². The van der Waals surface area contributed by atoms with E-state index in [4.69, 9.17) is 0 Å². The molecule has 0 spiro atoms. The zero-order valence-corrected chi connectivity index (χ0v) is 13.4. The van der Waals surface area contributed by atoms with E-state index < -0.39 is 17.6 Å². The molecular formula is C19H14F3N3O. The number of hydrogen-bond acceptors (Lipinski definition) is 2. The fourth-order valence-corrected chi connectivity index (χ4v) is 2.36. The number of halogens is 3. The van der Waals surface area contributed by atoms with E-state index in [1.54, 1.807) is 41.3 Å². The maximum absolute atomic E-state index is 12.7. The van der Waals surface area contributed by atoms with Crippen molar-refractivity contribution in [2.24, 2.45) is 0 Å². The van der Waals surface area contributed by atoms with Crippen LogP contribution < -0.4 is 5.32 Å². The van der Waals surface area contributed by atoms with Gasteiger partial charge in [-0.2, -0.15) is 18.3 Å². The number of amides is 1. The minimum absolute atomic E-state index is 0.287. The van der Waals surface area contributed by atoms with E-state index in [1.807, 2.05) is 6.07 Å². The summed E-state index contributed by atoms with van der Waals surface area (Å²) in [4.78, 5) is 12.1. The maximum Gasteiger partial charge on any atom is 0.416 e. The van der Waals surface area contributed by atoms with Gasteiger partial charge in [0.1, 0.15) is 0 Å². The summed E-state index contributed by atoms with van der Waals surface area (Å²) in [5, 5.41) is 6.83. The molecule has 1 heterocycles. The minimum atomic E-state index is -4.42. The average Bonchev–Trinajstić information content (AvgIpc) is 3.14. The smallest absolute Gasteiger partial charge is 0.321 e. The molecule has 0 saturated heterocycles. The van der Waals surface area contributed by atoms with Crippen LogP contribution in [0.3, 0.4) is 0 Å². The lowest BCUT2D eigenvalue weighted by Gasteiger charge is -2.09. The molecule has 0 aliphatic carbocycles. The molecule has 1 aromatic heterocycles. The number of benzene rings is 2. The Kier molecular flexibility index (Phi) is 4.88. The second-order valence-electron chi connectivity index (χ2n) is 5.41. The number of carbonyl (C=O) groups excluding carboxylic acids is 1. The van der Waals surface area contributed by atoms with Gasteiger partial charge in [-0.1, -0.05) is 24.3 Å². The van der Waals surface area contributed by atoms with Gasteiger partial charge in [0, 0.05) is 18.5 Å². The van der Waals surface area contributed by atoms with Gasteiger partial charge >= 0.3 is 6.18 Å². The average molecular weight is 357 g/mol. The van der Waals surface area contributed by atoms with Crippen molar-refractivity contribution in [1.29, 1.82) is 0 Å². The Morgan fingerprint density at radius 2 is 1.88 bits per heavy atom. The van der Waals surface area contributed by atoms with Crippen LogP contribution in [0.1, 0.15) is 11.1 Å². The van der Waals surface area contributed by atoms with Crippen LogP contribution in [0.5, 0.6) is 0 Å². The topological polar surface area (TPSA) is 46.9 Å². The molecule has 0 saturated carbocycles. The summed E-state index contributed by atoms with van der Waals surface area (Å²) in [7, 11) is 0. The number of anilines is 1. The van der Waals surface area contributed by atoms with E-state index in [1.165, 1.54) is 24.3 Å². The van der Waals surface area contributed by atoms with Crippen molar-refractivity contribution < 1.29 is 18.0 Å². The summed E-state index contributed by atoms with van der Waals surface area (Å²) in [6, 6.07) is 13.6. The Labute approximate surface area is 147 Å². The summed E-state index contributed by atoms with van der Waals surface area (Å²) in [5.74, 6) is -0.456. The highest BCUT2D eigenvalue weighted by atomic mass is 19.4. The van der Waals surface area contributed by atoms with Crippen LogP contribution in [-0.2, 0) is 11.0 Å². The van der Waals surface area contributed by atoms with Crippen molar-refractivity contribution in [1.82, 2.24) is 9.78 Å². The molecule has 26 heavy (non-hydrogen) atoms. The molecule has 0 fully saturated rings. The first-order chi connectivity index (χ1) is 12.4. The molecule has 0 unspecified atom stereocenters. The van der Waals surface area contributed by atoms with E-state index in [2.05, 4.69) is 10.4 Å². The number of aromatic nitrogens is 2. The van der Waals surface area contributed by atoms with Crippen molar-refractivity contribution in [3.63, 3.8) is 0 Å². The third-order valence-corrected chi connectivity index (χ3v) is 3.55. The molecule has 7 heteroatoms. The highest BCUT2D eigenvalue weighted by molar-refractivity contribution is 6.03. The standard InChI is InChI=1S/C19H14F3N3O/c20-19(21,22)15-6-3-5-14(13-15)9-10-18(26)24-16-7-1-2-8-17(16)25-12-4-11-23-25/h1-13H,(H,24,26). The Morgan fingerprint density at radius 1 is 1.08 bits per heavy atom. The first-order valence-corrected chi connectivity index (χ1v) is 7.69. The molecule has 2 aromatic carbocycles. The first kappa shape index (κ1) is 17.5. The van der Waals surface area contributed by atoms with Crippen LogP contribution in [0, 0.1) is 0 Å². The Hall–Kier alpha value is -3.35. The van der Waals surface area contributed by atoms with Gasteiger partial charge in [-0.3, -0.25) is 4.79 Å². The molecule has 0 radical (unpaired) electrons. The molecule has 1 amide bonds. The van der Waals surface area contributed by atoms with E-state index >= 15 is 0 Å². The van der Waals surface area contributed by atoms with E-state index in [0.717, 1.165) is 12.1 Å². The summed E-state index contributed by atoms with van der Waals surface area (Å²) in [6.07, 6.45) is 1.46. The monoisotopic (exact) mass is 357 g/mol. The van der Waals surface area contributed by atoms with Crippen molar-refractivity contribution in [2.75, 3.05) is 5.32 Å². The van der Waals surface area contributed by atoms with Gasteiger partial charge in [0.25, 0.3) is 0 Å². The van der Waals surface area contributed by atoms with Gasteiger partial charge in [0.05, 0.1) is 16.9 Å². The Balaban J connectivity index is 1.75. The first-order valence-electron chi connectivity index (χ1n) is 7.69. The van der Waals surface area contributed by atoms with Crippen molar-refractivity contribution in [2.45, 2.75) is 6.18 Å². The number of hydrogen-bond donors (Lipinski definition) is 1. The van der Waals surface area contributed by atoms with Crippen molar-refractivity contribution >= 4 is 17.7 Å². The number of nitrogens with one attached hydrogen (secondary N) is 1. The summed E-state index contributed by atoms with van der Waals surface area (Å²) >= 11 is 0. The highest BCUT2D eigenvalue weighted by Crippen LogP contribution is 2.29. The lowest BCUT2D eigenvalue weighted by Crippen LogP contribution is -2.10. The third kappa shape index (κ3) is 4.18. The van der Waals surface area contributed by atoms with Gasteiger partial charge in [-0.15, -0.1) is 0 Å². The van der Waals surface area contributed by atoms with Gasteiger partial charge in [0.2, 0.25) is 5.91 Å². The molecule has 0 aliphatic heterocycles. The fraction of sp³-hybridized carbons (Fsp3) is 0.0526. The van der Waals surface area contributed by atoms with Crippen molar-refractivity contribution in [3.05, 3.63) is 84.2 Å². The number of carbonyl (C=O) groups is 1. The zero-order chi connectivity index (χ0) is 18.6. The SMILES string of the molecule is O=C(C=Cc1cccc(C(F)(F)F)c1)Nc1ccccc1-n1cccn1. The molecule has 0 bridgehead atoms. The minimum Gasteiger partial charge on any atom is -0.321 e. The predicted octanol–water partition coefficient (Wildman–Crippen LogP) is 4.54. The molecule has 3 aromatic rings. The van der Waals surface area contributed by atoms with Crippen LogP contribution in [0.2, 0.25) is 0 Å². The third-order valence-electron chi connectivity index (χ3n) is 3.55. The molecule has 4 nitrogen and oxygen atoms in total. The molecule has 132 valence electrons. The zero-order valence-electron chi connectivity index (χ0n) is 13.4. The number of nitrogens with zero attached hydrogens (tertiary/aromatic N) is 2. The van der Waals surface area contributed by atoms with Crippen LogP contribution in [0.4, 0.5) is 18.9 Å². The molecular weight excluding hydrogens is 343 g/mol. The number of para-hydroxylation sites is 2. The van der Waals surface area contributed by atoms with Gasteiger partial charge in [-0.25, -0.2) is 4.68 Å². The summed E-state index contributed by atoms with van der Waals surface area (Å²) < 4.78 is 39.8. The van der Waals surface area contributed by atoms with Crippen LogP contribution in [0.15, 0.2) is 73.1 Å². The lowest BCUT2D eigenvalue weighted by molar-refractivity contribution is -0.137. The normalized spacial score (nSPS) is 11.7. The second kappa shape index (κ2) is 7.26. The maximum atomic E-state index is 12.7. The van der Waals surface area contributed by atoms with Crippen LogP contribution in [0.25, 0.3) is 11.8 Å². The largest absolute Gasteiger partial charge is 0.416 e. The van der Waals surface area contributed by atoms with Gasteiger partial charge < -0.3 is 5.32 Å². The van der Waals surface area contributed by atoms with Gasteiger partial charge in [0.15, 0.2) is 0 Å². The van der Waals surface area contributed by atoms with Crippen LogP contribution >= 0.6 is 0 Å². The Bertz CT molecular complexity index is 931. The van der Waals surface area contributed by atoms with Gasteiger partial charge in [-0.05, 0) is 42.0 Å². The molecule has 3 rings (SSSR count). The quantitative estimate of drug-likeness (QED) is 0.697. The van der Waals surface area contributed by atoms with Crippen LogP contribution in [-0.4, -0.2) is 15.7 Å². The lowest BCUT2D eigenvalue weighted by atomic mass is 10.1.